The van der Waals surface area contributed by atoms with Crippen molar-refractivity contribution in [2.45, 2.75) is 12.8 Å². The number of esters is 1. The third kappa shape index (κ3) is 4.05. The molecule has 0 N–H and O–H groups in total. The van der Waals surface area contributed by atoms with E-state index in [2.05, 4.69) is 4.74 Å². The summed E-state index contributed by atoms with van der Waals surface area (Å²) in [4.78, 5) is 24.8. The van der Waals surface area contributed by atoms with E-state index in [0.29, 0.717) is 13.0 Å². The summed E-state index contributed by atoms with van der Waals surface area (Å²) in [6.07, 6.45) is 0.555. The molecule has 0 aromatic heterocycles. The van der Waals surface area contributed by atoms with E-state index in [1.165, 1.54) is 7.11 Å². The minimum absolute atomic E-state index is 0.00539. The van der Waals surface area contributed by atoms with Crippen LogP contribution < -0.4 is 0 Å². The summed E-state index contributed by atoms with van der Waals surface area (Å²) < 4.78 is 4.57. The molecule has 0 spiro atoms. The number of nitrogens with zero attached hydrogens (tertiary/aromatic N) is 1. The number of methoxy groups -OCH3 is 1. The average Bonchev–Trinajstić information content (AvgIpc) is 2.51. The Morgan fingerprint density at radius 3 is 2.52 bits per heavy atom. The van der Waals surface area contributed by atoms with Gasteiger partial charge in [-0.1, -0.05) is 42.5 Å². The maximum absolute atomic E-state index is 12.1. The molecule has 21 heavy (non-hydrogen) atoms. The molecule has 110 valence electrons. The van der Waals surface area contributed by atoms with Gasteiger partial charge in [0.1, 0.15) is 0 Å². The lowest BCUT2D eigenvalue weighted by molar-refractivity contribution is -0.141. The molecule has 0 atom stereocenters. The number of amides is 1. The Hall–Kier alpha value is -2.36. The van der Waals surface area contributed by atoms with E-state index in [0.717, 1.165) is 16.3 Å². The normalized spacial score (nSPS) is 10.4. The Bertz CT molecular complexity index is 651. The van der Waals surface area contributed by atoms with Crippen LogP contribution >= 0.6 is 0 Å². The fourth-order valence-corrected chi connectivity index (χ4v) is 2.14. The number of hydrogen-bond donors (Lipinski definition) is 0. The van der Waals surface area contributed by atoms with Gasteiger partial charge >= 0.3 is 5.97 Å². The number of likely N-dealkylation sites (N-methyl/N-ethyl adjacent to an activating group) is 1. The fourth-order valence-electron chi connectivity index (χ4n) is 2.14. The highest BCUT2D eigenvalue weighted by Gasteiger charge is 2.11. The van der Waals surface area contributed by atoms with Crippen LogP contribution in [0.15, 0.2) is 42.5 Å². The van der Waals surface area contributed by atoms with Gasteiger partial charge < -0.3 is 9.64 Å². The average molecular weight is 285 g/mol. The van der Waals surface area contributed by atoms with Crippen molar-refractivity contribution < 1.29 is 14.3 Å². The first-order chi connectivity index (χ1) is 10.1. The Balaban J connectivity index is 1.98. The molecule has 4 nitrogen and oxygen atoms in total. The standard InChI is InChI=1S/C17H19NO3/c1-18(10-9-17(20)21-2)16(19)12-13-7-8-14-5-3-4-6-15(14)11-13/h3-8,11H,9-10,12H2,1-2H3. The molecule has 0 aliphatic heterocycles. The van der Waals surface area contributed by atoms with E-state index in [4.69, 9.17) is 0 Å². The molecule has 2 rings (SSSR count). The van der Waals surface area contributed by atoms with E-state index in [9.17, 15) is 9.59 Å². The summed E-state index contributed by atoms with van der Waals surface area (Å²) >= 11 is 0. The van der Waals surface area contributed by atoms with Gasteiger partial charge in [0.25, 0.3) is 0 Å². The van der Waals surface area contributed by atoms with Crippen LogP contribution in [0.1, 0.15) is 12.0 Å². The van der Waals surface area contributed by atoms with Gasteiger partial charge in [0.05, 0.1) is 20.0 Å². The van der Waals surface area contributed by atoms with Gasteiger partial charge in [-0.25, -0.2) is 0 Å². The number of ether oxygens (including phenoxy) is 1. The first-order valence-corrected chi connectivity index (χ1v) is 6.88. The number of benzene rings is 2. The summed E-state index contributed by atoms with van der Waals surface area (Å²) in [6.45, 7) is 0.374. The molecule has 0 aliphatic rings. The molecular formula is C17H19NO3. The fraction of sp³-hybridized carbons (Fsp3) is 0.294. The lowest BCUT2D eigenvalue weighted by atomic mass is 10.0. The van der Waals surface area contributed by atoms with Crippen LogP contribution in [0.25, 0.3) is 10.8 Å². The van der Waals surface area contributed by atoms with Gasteiger partial charge in [0.15, 0.2) is 0 Å². The molecule has 0 fully saturated rings. The first-order valence-electron chi connectivity index (χ1n) is 6.88. The maximum atomic E-state index is 12.1. The quantitative estimate of drug-likeness (QED) is 0.793. The van der Waals surface area contributed by atoms with Crippen LogP contribution in [0, 0.1) is 0 Å². The van der Waals surface area contributed by atoms with E-state index < -0.39 is 0 Å². The second-order valence-corrected chi connectivity index (χ2v) is 5.00. The van der Waals surface area contributed by atoms with E-state index in [1.807, 2.05) is 42.5 Å². The number of fused-ring (bicyclic) bond motifs is 1. The predicted molar refractivity (Wildman–Crippen MR) is 81.9 cm³/mol. The highest BCUT2D eigenvalue weighted by atomic mass is 16.5. The first kappa shape index (κ1) is 15.0. The van der Waals surface area contributed by atoms with Crippen LogP contribution in [-0.2, 0) is 20.7 Å². The van der Waals surface area contributed by atoms with Gasteiger partial charge in [0.2, 0.25) is 5.91 Å². The molecule has 0 unspecified atom stereocenters. The Morgan fingerprint density at radius 2 is 1.81 bits per heavy atom. The van der Waals surface area contributed by atoms with Crippen molar-refractivity contribution in [2.24, 2.45) is 0 Å². The molecular weight excluding hydrogens is 266 g/mol. The van der Waals surface area contributed by atoms with Gasteiger partial charge in [-0.15, -0.1) is 0 Å². The molecule has 1 amide bonds. The molecule has 2 aromatic carbocycles. The molecule has 4 heteroatoms. The number of hydrogen-bond acceptors (Lipinski definition) is 3. The highest BCUT2D eigenvalue weighted by Crippen LogP contribution is 2.16. The smallest absolute Gasteiger partial charge is 0.307 e. The van der Waals surface area contributed by atoms with Crippen LogP contribution in [0.2, 0.25) is 0 Å². The molecule has 0 aliphatic carbocycles. The summed E-state index contributed by atoms with van der Waals surface area (Å²) in [7, 11) is 3.05. The van der Waals surface area contributed by atoms with Crippen molar-refractivity contribution in [1.29, 1.82) is 0 Å². The van der Waals surface area contributed by atoms with Gasteiger partial charge in [-0.2, -0.15) is 0 Å². The van der Waals surface area contributed by atoms with E-state index in [1.54, 1.807) is 11.9 Å². The van der Waals surface area contributed by atoms with Crippen LogP contribution in [0.5, 0.6) is 0 Å². The predicted octanol–water partition coefficient (Wildman–Crippen LogP) is 2.40. The minimum Gasteiger partial charge on any atom is -0.469 e. The zero-order valence-corrected chi connectivity index (χ0v) is 12.3. The van der Waals surface area contributed by atoms with Crippen LogP contribution in [0.3, 0.4) is 0 Å². The SMILES string of the molecule is COC(=O)CCN(C)C(=O)Cc1ccc2ccccc2c1. The van der Waals surface area contributed by atoms with Crippen LogP contribution in [0.4, 0.5) is 0 Å². The Kier molecular flexibility index (Phi) is 4.93. The zero-order valence-electron chi connectivity index (χ0n) is 12.3. The second-order valence-electron chi connectivity index (χ2n) is 5.00. The summed E-state index contributed by atoms with van der Waals surface area (Å²) in [6, 6.07) is 14.1. The van der Waals surface area contributed by atoms with E-state index in [-0.39, 0.29) is 18.3 Å². The minimum atomic E-state index is -0.305. The summed E-state index contributed by atoms with van der Waals surface area (Å²) in [5.41, 5.74) is 0.976. The van der Waals surface area contributed by atoms with Crippen molar-refractivity contribution in [3.63, 3.8) is 0 Å². The molecule has 0 radical (unpaired) electrons. The number of carbonyl (C=O) groups is 2. The molecule has 0 bridgehead atoms. The second kappa shape index (κ2) is 6.88. The third-order valence-corrected chi connectivity index (χ3v) is 3.47. The van der Waals surface area contributed by atoms with Crippen molar-refractivity contribution >= 4 is 22.6 Å². The maximum Gasteiger partial charge on any atom is 0.307 e. The lowest BCUT2D eigenvalue weighted by Gasteiger charge is -2.16. The molecule has 0 saturated heterocycles. The zero-order chi connectivity index (χ0) is 15.2. The monoisotopic (exact) mass is 285 g/mol. The third-order valence-electron chi connectivity index (χ3n) is 3.47. The summed E-state index contributed by atoms with van der Waals surface area (Å²) in [5.74, 6) is -0.311. The molecule has 0 saturated carbocycles. The lowest BCUT2D eigenvalue weighted by Crippen LogP contribution is -2.30. The van der Waals surface area contributed by atoms with Crippen LogP contribution in [-0.4, -0.2) is 37.5 Å². The molecule has 0 heterocycles. The van der Waals surface area contributed by atoms with Crippen molar-refractivity contribution in [3.05, 3.63) is 48.0 Å². The van der Waals surface area contributed by atoms with Crippen molar-refractivity contribution in [3.8, 4) is 0 Å². The summed E-state index contributed by atoms with van der Waals surface area (Å²) in [5, 5.41) is 2.28. The number of rotatable bonds is 5. The van der Waals surface area contributed by atoms with Crippen molar-refractivity contribution in [2.75, 3.05) is 20.7 Å². The van der Waals surface area contributed by atoms with Gasteiger partial charge in [-0.05, 0) is 16.3 Å². The van der Waals surface area contributed by atoms with E-state index >= 15 is 0 Å². The Labute approximate surface area is 124 Å². The Morgan fingerprint density at radius 1 is 1.10 bits per heavy atom. The van der Waals surface area contributed by atoms with Crippen molar-refractivity contribution in [1.82, 2.24) is 4.90 Å². The topological polar surface area (TPSA) is 46.6 Å². The highest BCUT2D eigenvalue weighted by molar-refractivity contribution is 5.85. The number of carbonyl (C=O) groups excluding carboxylic acids is 2. The largest absolute Gasteiger partial charge is 0.469 e. The van der Waals surface area contributed by atoms with Gasteiger partial charge in [-0.3, -0.25) is 9.59 Å². The molecule has 2 aromatic rings. The van der Waals surface area contributed by atoms with Gasteiger partial charge in [0, 0.05) is 13.6 Å².